The minimum atomic E-state index is -0.475. The summed E-state index contributed by atoms with van der Waals surface area (Å²) in [5, 5.41) is 14.7. The van der Waals surface area contributed by atoms with E-state index in [0.29, 0.717) is 36.2 Å². The van der Waals surface area contributed by atoms with Gasteiger partial charge in [0.15, 0.2) is 5.11 Å². The Balaban J connectivity index is 1.58. The zero-order valence-corrected chi connectivity index (χ0v) is 16.7. The van der Waals surface area contributed by atoms with Gasteiger partial charge in [-0.3, -0.25) is 14.9 Å². The molecule has 0 unspecified atom stereocenters. The molecule has 0 bridgehead atoms. The van der Waals surface area contributed by atoms with E-state index in [1.807, 2.05) is 36.9 Å². The molecule has 1 aromatic heterocycles. The minimum absolute atomic E-state index is 0.0176. The van der Waals surface area contributed by atoms with E-state index >= 15 is 0 Å². The Morgan fingerprint density at radius 1 is 1.11 bits per heavy atom. The van der Waals surface area contributed by atoms with Crippen molar-refractivity contribution in [2.24, 2.45) is 0 Å². The first-order valence-corrected chi connectivity index (χ1v) is 9.75. The van der Waals surface area contributed by atoms with E-state index in [-0.39, 0.29) is 10.9 Å². The van der Waals surface area contributed by atoms with Gasteiger partial charge in [0.25, 0.3) is 5.91 Å². The highest BCUT2D eigenvalue weighted by molar-refractivity contribution is 7.80. The second-order valence-corrected chi connectivity index (χ2v) is 7.82. The molecule has 27 heavy (non-hydrogen) atoms. The fraction of sp³-hybridized carbons (Fsp3) is 0.333. The third kappa shape index (κ3) is 4.25. The standard InChI is InChI=1S/C18H20N4O3S2/c1-12-4-3-5-13(2)16(12)19-18(26)21-10-8-20(9-11-21)17(23)14-6-7-15(27-14)22(24)25/h3-7H,8-11H2,1-2H3,(H,19,26). The largest absolute Gasteiger partial charge is 0.345 e. The van der Waals surface area contributed by atoms with E-state index in [0.717, 1.165) is 28.2 Å². The number of amides is 1. The molecular formula is C18H20N4O3S2. The topological polar surface area (TPSA) is 78.7 Å². The number of para-hydroxylation sites is 1. The molecular weight excluding hydrogens is 384 g/mol. The molecule has 0 aliphatic carbocycles. The van der Waals surface area contributed by atoms with Crippen LogP contribution >= 0.6 is 23.6 Å². The average molecular weight is 405 g/mol. The number of benzene rings is 1. The van der Waals surface area contributed by atoms with E-state index in [4.69, 9.17) is 12.2 Å². The van der Waals surface area contributed by atoms with Crippen LogP contribution in [0.1, 0.15) is 20.8 Å². The highest BCUT2D eigenvalue weighted by atomic mass is 32.1. The van der Waals surface area contributed by atoms with Crippen LogP contribution in [0.25, 0.3) is 0 Å². The summed E-state index contributed by atoms with van der Waals surface area (Å²) >= 11 is 6.46. The van der Waals surface area contributed by atoms with Gasteiger partial charge in [0.05, 0.1) is 9.80 Å². The molecule has 7 nitrogen and oxygen atoms in total. The van der Waals surface area contributed by atoms with Crippen LogP contribution in [-0.2, 0) is 0 Å². The maximum atomic E-state index is 12.5. The van der Waals surface area contributed by atoms with Crippen LogP contribution < -0.4 is 5.32 Å². The molecule has 1 amide bonds. The molecule has 2 aromatic rings. The number of thiocarbonyl (C=S) groups is 1. The number of hydrogen-bond donors (Lipinski definition) is 1. The molecule has 1 saturated heterocycles. The lowest BCUT2D eigenvalue weighted by molar-refractivity contribution is -0.380. The quantitative estimate of drug-likeness (QED) is 0.480. The number of hydrogen-bond acceptors (Lipinski definition) is 5. The molecule has 0 spiro atoms. The molecule has 9 heteroatoms. The Hall–Kier alpha value is -2.52. The third-order valence-electron chi connectivity index (χ3n) is 4.55. The molecule has 142 valence electrons. The molecule has 0 radical (unpaired) electrons. The van der Waals surface area contributed by atoms with E-state index in [1.165, 1.54) is 12.1 Å². The summed E-state index contributed by atoms with van der Waals surface area (Å²) in [6, 6.07) is 8.98. The summed E-state index contributed by atoms with van der Waals surface area (Å²) < 4.78 is 0. The fourth-order valence-corrected chi connectivity index (χ4v) is 4.08. The SMILES string of the molecule is Cc1cccc(C)c1NC(=S)N1CCN(C(=O)c2ccc([N+](=O)[O-])s2)CC1. The first-order valence-electron chi connectivity index (χ1n) is 8.52. The lowest BCUT2D eigenvalue weighted by atomic mass is 10.1. The van der Waals surface area contributed by atoms with Crippen LogP contribution in [0, 0.1) is 24.0 Å². The first-order chi connectivity index (χ1) is 12.9. The van der Waals surface area contributed by atoms with Crippen molar-refractivity contribution in [1.82, 2.24) is 9.80 Å². The van der Waals surface area contributed by atoms with Crippen LogP contribution in [0.3, 0.4) is 0 Å². The summed E-state index contributed by atoms with van der Waals surface area (Å²) in [5.74, 6) is -0.165. The average Bonchev–Trinajstić information content (AvgIpc) is 3.15. The molecule has 0 atom stereocenters. The zero-order valence-electron chi connectivity index (χ0n) is 15.1. The van der Waals surface area contributed by atoms with Crippen molar-refractivity contribution >= 4 is 45.3 Å². The van der Waals surface area contributed by atoms with Gasteiger partial charge < -0.3 is 15.1 Å². The molecule has 1 aromatic carbocycles. The molecule has 1 N–H and O–H groups in total. The minimum Gasteiger partial charge on any atom is -0.345 e. The molecule has 1 fully saturated rings. The monoisotopic (exact) mass is 404 g/mol. The third-order valence-corrected chi connectivity index (χ3v) is 5.93. The van der Waals surface area contributed by atoms with Crippen LogP contribution in [0.5, 0.6) is 0 Å². The van der Waals surface area contributed by atoms with Gasteiger partial charge >= 0.3 is 5.00 Å². The number of rotatable bonds is 3. The van der Waals surface area contributed by atoms with E-state index < -0.39 is 4.92 Å². The normalized spacial score (nSPS) is 14.1. The summed E-state index contributed by atoms with van der Waals surface area (Å²) in [4.78, 5) is 27.0. The Morgan fingerprint density at radius 3 is 2.26 bits per heavy atom. The number of nitrogens with zero attached hydrogens (tertiary/aromatic N) is 3. The van der Waals surface area contributed by atoms with Gasteiger partial charge in [-0.2, -0.15) is 0 Å². The maximum absolute atomic E-state index is 12.5. The van der Waals surface area contributed by atoms with Crippen molar-refractivity contribution in [3.8, 4) is 0 Å². The number of nitrogens with one attached hydrogen (secondary N) is 1. The van der Waals surface area contributed by atoms with Crippen LogP contribution in [-0.4, -0.2) is 51.9 Å². The number of thiophene rings is 1. The lowest BCUT2D eigenvalue weighted by Gasteiger charge is -2.36. The second kappa shape index (κ2) is 8.01. The van der Waals surface area contributed by atoms with E-state index in [9.17, 15) is 14.9 Å². The van der Waals surface area contributed by atoms with Crippen molar-refractivity contribution in [1.29, 1.82) is 0 Å². The van der Waals surface area contributed by atoms with Gasteiger partial charge in [0.2, 0.25) is 0 Å². The number of anilines is 1. The smallest absolute Gasteiger partial charge is 0.324 e. The van der Waals surface area contributed by atoms with Crippen molar-refractivity contribution in [2.45, 2.75) is 13.8 Å². The van der Waals surface area contributed by atoms with Crippen LogP contribution in [0.4, 0.5) is 10.7 Å². The van der Waals surface area contributed by atoms with E-state index in [2.05, 4.69) is 5.32 Å². The van der Waals surface area contributed by atoms with Gasteiger partial charge in [-0.05, 0) is 43.3 Å². The zero-order chi connectivity index (χ0) is 19.6. The van der Waals surface area contributed by atoms with Gasteiger partial charge in [0, 0.05) is 37.9 Å². The van der Waals surface area contributed by atoms with Crippen molar-refractivity contribution in [2.75, 3.05) is 31.5 Å². The molecule has 1 aliphatic rings. The predicted octanol–water partition coefficient (Wildman–Crippen LogP) is 3.43. The number of carbonyl (C=O) groups excluding carboxylic acids is 1. The van der Waals surface area contributed by atoms with Gasteiger partial charge in [-0.25, -0.2) is 0 Å². The van der Waals surface area contributed by atoms with Crippen molar-refractivity contribution in [3.05, 3.63) is 56.5 Å². The van der Waals surface area contributed by atoms with Crippen LogP contribution in [0.2, 0.25) is 0 Å². The molecule has 0 saturated carbocycles. The molecule has 2 heterocycles. The second-order valence-electron chi connectivity index (χ2n) is 6.37. The molecule has 3 rings (SSSR count). The van der Waals surface area contributed by atoms with Crippen molar-refractivity contribution in [3.63, 3.8) is 0 Å². The number of piperazine rings is 1. The highest BCUT2D eigenvalue weighted by Gasteiger charge is 2.26. The summed E-state index contributed by atoms with van der Waals surface area (Å²) in [6.45, 7) is 6.37. The summed E-state index contributed by atoms with van der Waals surface area (Å²) in [7, 11) is 0. The fourth-order valence-electron chi connectivity index (χ4n) is 3.01. The molecule has 1 aliphatic heterocycles. The summed E-state index contributed by atoms with van der Waals surface area (Å²) in [6.07, 6.45) is 0. The van der Waals surface area contributed by atoms with Crippen molar-refractivity contribution < 1.29 is 9.72 Å². The first kappa shape index (κ1) is 19.2. The predicted molar refractivity (Wildman–Crippen MR) is 111 cm³/mol. The Kier molecular flexibility index (Phi) is 5.71. The summed E-state index contributed by atoms with van der Waals surface area (Å²) in [5.41, 5.74) is 3.28. The lowest BCUT2D eigenvalue weighted by Crippen LogP contribution is -2.51. The Bertz CT molecular complexity index is 868. The Labute approximate surface area is 166 Å². The van der Waals surface area contributed by atoms with Gasteiger partial charge in [-0.1, -0.05) is 29.5 Å². The number of nitro groups is 1. The van der Waals surface area contributed by atoms with Crippen LogP contribution in [0.15, 0.2) is 30.3 Å². The Morgan fingerprint density at radius 2 is 1.70 bits per heavy atom. The number of carbonyl (C=O) groups is 1. The maximum Gasteiger partial charge on any atom is 0.324 e. The van der Waals surface area contributed by atoms with E-state index in [1.54, 1.807) is 4.90 Å². The van der Waals surface area contributed by atoms with Gasteiger partial charge in [-0.15, -0.1) is 0 Å². The van der Waals surface area contributed by atoms with Gasteiger partial charge in [0.1, 0.15) is 0 Å². The number of aryl methyl sites for hydroxylation is 2. The highest BCUT2D eigenvalue weighted by Crippen LogP contribution is 2.25.